The number of nitrogens with two attached hydrogens (primary N) is 1. The van der Waals surface area contributed by atoms with Crippen LogP contribution in [0.3, 0.4) is 0 Å². The van der Waals surface area contributed by atoms with Gasteiger partial charge in [-0.3, -0.25) is 9.59 Å². The normalized spacial score (nSPS) is 17.3. The summed E-state index contributed by atoms with van der Waals surface area (Å²) in [7, 11) is 0. The van der Waals surface area contributed by atoms with Crippen molar-refractivity contribution < 1.29 is 24.2 Å². The average Bonchev–Trinajstić information content (AvgIpc) is 3.25. The zero-order valence-electron chi connectivity index (χ0n) is 31.2. The number of rotatable bonds is 15. The van der Waals surface area contributed by atoms with Gasteiger partial charge in [0.2, 0.25) is 5.91 Å². The van der Waals surface area contributed by atoms with Gasteiger partial charge in [0.25, 0.3) is 0 Å². The van der Waals surface area contributed by atoms with Crippen LogP contribution in [0.2, 0.25) is 0 Å². The molecule has 52 heavy (non-hydrogen) atoms. The first-order valence-electron chi connectivity index (χ1n) is 19.3. The summed E-state index contributed by atoms with van der Waals surface area (Å²) < 4.78 is 5.03. The number of aliphatic hydroxyl groups is 1. The Labute approximate surface area is 310 Å². The highest BCUT2D eigenvalue weighted by Gasteiger charge is 2.38. The van der Waals surface area contributed by atoms with Crippen molar-refractivity contribution >= 4 is 17.8 Å². The molecule has 1 fully saturated rings. The third kappa shape index (κ3) is 10.9. The summed E-state index contributed by atoms with van der Waals surface area (Å²) in [5, 5.41) is 18.5. The van der Waals surface area contributed by atoms with Crippen molar-refractivity contribution in [1.29, 1.82) is 0 Å². The number of ketones is 1. The fourth-order valence-corrected chi connectivity index (χ4v) is 7.23. The number of hydrogen-bond donors (Lipinski definition) is 4. The maximum atomic E-state index is 14.6. The van der Waals surface area contributed by atoms with Crippen LogP contribution in [0.5, 0.6) is 0 Å². The van der Waals surface area contributed by atoms with Gasteiger partial charge in [0.15, 0.2) is 5.78 Å². The smallest absolute Gasteiger partial charge is 0.407 e. The molecule has 4 unspecified atom stereocenters. The predicted octanol–water partition coefficient (Wildman–Crippen LogP) is 8.31. The van der Waals surface area contributed by atoms with Crippen LogP contribution in [0.1, 0.15) is 129 Å². The molecule has 3 aromatic carbocycles. The molecule has 1 aliphatic rings. The van der Waals surface area contributed by atoms with Crippen molar-refractivity contribution in [3.63, 3.8) is 0 Å². The fourth-order valence-electron chi connectivity index (χ4n) is 7.23. The number of carbonyl (C=O) groups excluding carboxylic acids is 3. The van der Waals surface area contributed by atoms with Crippen LogP contribution in [0.15, 0.2) is 91.5 Å². The number of benzene rings is 3. The molecule has 3 aromatic rings. The Bertz CT molecular complexity index is 1560. The quantitative estimate of drug-likeness (QED) is 0.0714. The lowest BCUT2D eigenvalue weighted by Gasteiger charge is -2.33. The average molecular weight is 710 g/mol. The monoisotopic (exact) mass is 709 g/mol. The number of hydrogen-bond acceptors (Lipinski definition) is 6. The molecule has 8 nitrogen and oxygen atoms in total. The van der Waals surface area contributed by atoms with Crippen LogP contribution >= 0.6 is 0 Å². The van der Waals surface area contributed by atoms with Gasteiger partial charge in [0.1, 0.15) is 12.2 Å². The molecule has 0 spiro atoms. The highest BCUT2D eigenvalue weighted by atomic mass is 16.5. The maximum Gasteiger partial charge on any atom is 0.407 e. The van der Waals surface area contributed by atoms with Crippen LogP contribution in [0, 0.1) is 5.92 Å². The molecule has 0 aliphatic heterocycles. The standard InChI is InChI=1S/C44H59N3O5/c1-4-31-52-43(50)46-30-29-39(47-42(49)40(45)32(3)5-2)41(48)37-23-17-18-24-38(37)44(51,35-21-15-12-16-22-35)36-27-25-34(26-28-36)33-19-13-10-8-6-7-9-11-14-20-33/h4,12,15-18,21-28,32-33,39-40,51H,1,5-11,13-14,19-20,29-31,45H2,2-3H3,(H,46,50)(H,47,49). The van der Waals surface area contributed by atoms with E-state index in [4.69, 9.17) is 10.5 Å². The molecule has 5 N–H and O–H groups in total. The molecule has 280 valence electrons. The van der Waals surface area contributed by atoms with Crippen LogP contribution in [0.25, 0.3) is 0 Å². The molecule has 8 heteroatoms. The van der Waals surface area contributed by atoms with E-state index in [1.54, 1.807) is 24.3 Å². The number of Topliss-reactive ketones (excluding diaryl/α,β-unsaturated/α-hetero) is 1. The highest BCUT2D eigenvalue weighted by Crippen LogP contribution is 2.40. The lowest BCUT2D eigenvalue weighted by molar-refractivity contribution is -0.123. The molecule has 1 aliphatic carbocycles. The zero-order chi connectivity index (χ0) is 37.3. The van der Waals surface area contributed by atoms with Gasteiger partial charge in [0, 0.05) is 17.7 Å². The molecule has 2 amide bonds. The first-order valence-corrected chi connectivity index (χ1v) is 19.3. The molecular weight excluding hydrogens is 651 g/mol. The van der Waals surface area contributed by atoms with Gasteiger partial charge in [-0.25, -0.2) is 4.79 Å². The van der Waals surface area contributed by atoms with E-state index in [2.05, 4.69) is 29.3 Å². The van der Waals surface area contributed by atoms with Crippen LogP contribution in [-0.2, 0) is 15.1 Å². The maximum absolute atomic E-state index is 14.6. The van der Waals surface area contributed by atoms with Crippen molar-refractivity contribution in [1.82, 2.24) is 10.6 Å². The Morgan fingerprint density at radius 1 is 0.885 bits per heavy atom. The summed E-state index contributed by atoms with van der Waals surface area (Å²) in [6, 6.07) is 22.8. The summed E-state index contributed by atoms with van der Waals surface area (Å²) in [4.78, 5) is 40.1. The third-order valence-electron chi connectivity index (χ3n) is 10.7. The number of nitrogens with one attached hydrogen (secondary N) is 2. The zero-order valence-corrected chi connectivity index (χ0v) is 31.2. The summed E-state index contributed by atoms with van der Waals surface area (Å²) in [6.07, 6.45) is 14.2. The summed E-state index contributed by atoms with van der Waals surface area (Å²) >= 11 is 0. The Balaban J connectivity index is 1.71. The summed E-state index contributed by atoms with van der Waals surface area (Å²) in [6.45, 7) is 7.49. The summed E-state index contributed by atoms with van der Waals surface area (Å²) in [5.41, 5.74) is 7.80. The van der Waals surface area contributed by atoms with Crippen molar-refractivity contribution in [2.45, 2.75) is 114 Å². The highest BCUT2D eigenvalue weighted by molar-refractivity contribution is 6.04. The van der Waals surface area contributed by atoms with Crippen LogP contribution in [-0.4, -0.2) is 48.1 Å². The Morgan fingerprint density at radius 3 is 2.08 bits per heavy atom. The van der Waals surface area contributed by atoms with E-state index in [9.17, 15) is 19.5 Å². The van der Waals surface area contributed by atoms with E-state index in [0.29, 0.717) is 29.0 Å². The molecule has 0 aromatic heterocycles. The van der Waals surface area contributed by atoms with Gasteiger partial charge in [0.05, 0.1) is 12.1 Å². The van der Waals surface area contributed by atoms with Gasteiger partial charge in [-0.1, -0.05) is 163 Å². The van der Waals surface area contributed by atoms with E-state index in [1.165, 1.54) is 63.0 Å². The first-order chi connectivity index (χ1) is 25.2. The number of ether oxygens (including phenoxy) is 1. The molecule has 0 heterocycles. The van der Waals surface area contributed by atoms with E-state index < -0.39 is 35.5 Å². The molecular formula is C44H59N3O5. The Morgan fingerprint density at radius 2 is 1.46 bits per heavy atom. The van der Waals surface area contributed by atoms with Crippen molar-refractivity contribution in [3.8, 4) is 0 Å². The number of amides is 2. The fraction of sp³-hybridized carbons (Fsp3) is 0.477. The topological polar surface area (TPSA) is 131 Å². The first kappa shape index (κ1) is 40.5. The van der Waals surface area contributed by atoms with E-state index in [-0.39, 0.29) is 31.1 Å². The minimum Gasteiger partial charge on any atom is -0.445 e. The van der Waals surface area contributed by atoms with Crippen molar-refractivity contribution in [3.05, 3.63) is 119 Å². The minimum atomic E-state index is -1.69. The molecule has 4 atom stereocenters. The number of alkyl carbamates (subject to hydrolysis) is 1. The lowest BCUT2D eigenvalue weighted by atomic mass is 9.76. The second-order valence-corrected chi connectivity index (χ2v) is 14.3. The van der Waals surface area contributed by atoms with Gasteiger partial charge in [-0.2, -0.15) is 0 Å². The Hall–Kier alpha value is -4.27. The van der Waals surface area contributed by atoms with Gasteiger partial charge < -0.3 is 26.2 Å². The minimum absolute atomic E-state index is 0.0434. The van der Waals surface area contributed by atoms with Gasteiger partial charge in [-0.05, 0) is 47.8 Å². The second kappa shape index (κ2) is 20.7. The van der Waals surface area contributed by atoms with E-state index in [1.807, 2.05) is 56.3 Å². The molecule has 0 saturated heterocycles. The Kier molecular flexibility index (Phi) is 16.1. The predicted molar refractivity (Wildman–Crippen MR) is 208 cm³/mol. The van der Waals surface area contributed by atoms with Crippen LogP contribution in [0.4, 0.5) is 4.79 Å². The SMILES string of the molecule is C=CCOC(=O)NCCC(NC(=O)C(N)C(C)CC)C(=O)c1ccccc1C(O)(c1ccccc1)c1ccc(C2CCCCCCCCCC2)cc1. The molecule has 0 bridgehead atoms. The van der Waals surface area contributed by atoms with Gasteiger partial charge >= 0.3 is 6.09 Å². The molecule has 0 radical (unpaired) electrons. The van der Waals surface area contributed by atoms with E-state index in [0.717, 1.165) is 12.8 Å². The largest absolute Gasteiger partial charge is 0.445 e. The summed E-state index contributed by atoms with van der Waals surface area (Å²) in [5.74, 6) is -0.490. The third-order valence-corrected chi connectivity index (χ3v) is 10.7. The van der Waals surface area contributed by atoms with Crippen molar-refractivity contribution in [2.75, 3.05) is 13.2 Å². The number of carbonyl (C=O) groups is 3. The van der Waals surface area contributed by atoms with Crippen molar-refractivity contribution in [2.24, 2.45) is 11.7 Å². The van der Waals surface area contributed by atoms with E-state index >= 15 is 0 Å². The van der Waals surface area contributed by atoms with Crippen LogP contribution < -0.4 is 16.4 Å². The lowest BCUT2D eigenvalue weighted by Crippen LogP contribution is -2.51. The molecule has 4 rings (SSSR count). The second-order valence-electron chi connectivity index (χ2n) is 14.3. The molecule has 1 saturated carbocycles. The van der Waals surface area contributed by atoms with Gasteiger partial charge in [-0.15, -0.1) is 0 Å².